The van der Waals surface area contributed by atoms with Crippen LogP contribution in [0.3, 0.4) is 0 Å². The number of amides is 1. The van der Waals surface area contributed by atoms with E-state index in [1.165, 1.54) is 13.8 Å². The van der Waals surface area contributed by atoms with Crippen molar-refractivity contribution in [3.05, 3.63) is 24.3 Å². The molecule has 0 aliphatic rings. The topological polar surface area (TPSA) is 72.5 Å². The molecule has 1 atom stereocenters. The monoisotopic (exact) mass is 333 g/mol. The van der Waals surface area contributed by atoms with Crippen molar-refractivity contribution < 1.29 is 17.9 Å². The smallest absolute Gasteiger partial charge is 0.246 e. The van der Waals surface area contributed by atoms with Crippen LogP contribution < -0.4 is 10.1 Å². The van der Waals surface area contributed by atoms with Gasteiger partial charge in [0.25, 0.3) is 0 Å². The average molecular weight is 334 g/mol. The van der Waals surface area contributed by atoms with Crippen LogP contribution in [0.5, 0.6) is 5.75 Å². The minimum absolute atomic E-state index is 0.146. The van der Waals surface area contributed by atoms with Gasteiger partial charge in [-0.15, -0.1) is 11.6 Å². The van der Waals surface area contributed by atoms with E-state index in [1.807, 2.05) is 6.92 Å². The number of carbonyl (C=O) groups excluding carboxylic acids is 1. The minimum Gasteiger partial charge on any atom is -0.494 e. The van der Waals surface area contributed by atoms with E-state index in [0.29, 0.717) is 18.0 Å². The van der Waals surface area contributed by atoms with Gasteiger partial charge in [-0.25, -0.2) is 8.42 Å². The number of hydrogen-bond donors (Lipinski definition) is 1. The maximum absolute atomic E-state index is 12.3. The molecule has 1 rings (SSSR count). The van der Waals surface area contributed by atoms with Crippen molar-refractivity contribution in [3.63, 3.8) is 0 Å². The summed E-state index contributed by atoms with van der Waals surface area (Å²) in [5.41, 5.74) is 0.492. The largest absolute Gasteiger partial charge is 0.494 e. The van der Waals surface area contributed by atoms with Gasteiger partial charge in [-0.05, 0) is 38.1 Å². The maximum atomic E-state index is 12.3. The Balaban J connectivity index is 2.93. The van der Waals surface area contributed by atoms with Crippen molar-refractivity contribution in [2.75, 3.05) is 23.6 Å². The molecule has 0 unspecified atom stereocenters. The van der Waals surface area contributed by atoms with Gasteiger partial charge in [-0.3, -0.25) is 4.79 Å². The van der Waals surface area contributed by atoms with Gasteiger partial charge in [-0.1, -0.05) is 6.92 Å². The lowest BCUT2D eigenvalue weighted by atomic mass is 10.2. The van der Waals surface area contributed by atoms with Crippen molar-refractivity contribution in [1.82, 2.24) is 0 Å². The lowest BCUT2D eigenvalue weighted by Gasteiger charge is -2.25. The summed E-state index contributed by atoms with van der Waals surface area (Å²) in [6.07, 6.45) is 0. The van der Waals surface area contributed by atoms with E-state index in [0.717, 1.165) is 0 Å². The van der Waals surface area contributed by atoms with Crippen molar-refractivity contribution in [2.45, 2.75) is 25.5 Å². The molecule has 118 valence electrons. The maximum Gasteiger partial charge on any atom is 0.246 e. The summed E-state index contributed by atoms with van der Waals surface area (Å²) in [5.74, 6) is -0.404. The SMILES string of the molecule is CCOc1ccc(NC(=O)[C@](C)(CCl)S(=O)(=O)CC)cc1. The molecule has 1 N–H and O–H groups in total. The summed E-state index contributed by atoms with van der Waals surface area (Å²) in [5, 5.41) is 2.59. The van der Waals surface area contributed by atoms with Crippen LogP contribution in [0.15, 0.2) is 24.3 Å². The summed E-state index contributed by atoms with van der Waals surface area (Å²) >= 11 is 5.74. The number of hydrogen-bond acceptors (Lipinski definition) is 4. The van der Waals surface area contributed by atoms with E-state index in [4.69, 9.17) is 16.3 Å². The third-order valence-electron chi connectivity index (χ3n) is 3.22. The molecule has 5 nitrogen and oxygen atoms in total. The van der Waals surface area contributed by atoms with Crippen molar-refractivity contribution in [2.24, 2.45) is 0 Å². The summed E-state index contributed by atoms with van der Waals surface area (Å²) in [6, 6.07) is 6.70. The van der Waals surface area contributed by atoms with Gasteiger partial charge in [0, 0.05) is 11.4 Å². The fourth-order valence-corrected chi connectivity index (χ4v) is 3.43. The number of anilines is 1. The summed E-state index contributed by atoms with van der Waals surface area (Å²) < 4.78 is 27.8. The van der Waals surface area contributed by atoms with Gasteiger partial charge in [0.1, 0.15) is 5.75 Å². The van der Waals surface area contributed by atoms with Crippen molar-refractivity contribution in [3.8, 4) is 5.75 Å². The summed E-state index contributed by atoms with van der Waals surface area (Å²) in [7, 11) is -3.61. The number of alkyl halides is 1. The third-order valence-corrected chi connectivity index (χ3v) is 6.38. The number of halogens is 1. The Morgan fingerprint density at radius 1 is 1.29 bits per heavy atom. The molecule has 0 aliphatic heterocycles. The molecular formula is C14H20ClNO4S. The second kappa shape index (κ2) is 7.13. The first-order chi connectivity index (χ1) is 9.80. The molecule has 1 aromatic rings. The van der Waals surface area contributed by atoms with Gasteiger partial charge in [0.15, 0.2) is 14.6 Å². The molecule has 0 aliphatic carbocycles. The molecule has 0 fully saturated rings. The fraction of sp³-hybridized carbons (Fsp3) is 0.500. The highest BCUT2D eigenvalue weighted by Gasteiger charge is 2.44. The lowest BCUT2D eigenvalue weighted by molar-refractivity contribution is -0.117. The van der Waals surface area contributed by atoms with E-state index >= 15 is 0 Å². The Hall–Kier alpha value is -1.27. The first kappa shape index (κ1) is 17.8. The zero-order valence-corrected chi connectivity index (χ0v) is 13.9. The Morgan fingerprint density at radius 2 is 1.86 bits per heavy atom. The molecule has 1 aromatic carbocycles. The summed E-state index contributed by atoms with van der Waals surface area (Å²) in [6.45, 7) is 5.25. The van der Waals surface area contributed by atoms with Gasteiger partial charge in [0.05, 0.1) is 12.5 Å². The number of rotatable bonds is 7. The highest BCUT2D eigenvalue weighted by atomic mass is 35.5. The van der Waals surface area contributed by atoms with E-state index in [2.05, 4.69) is 5.32 Å². The zero-order chi connectivity index (χ0) is 16.1. The highest BCUT2D eigenvalue weighted by Crippen LogP contribution is 2.23. The minimum atomic E-state index is -3.61. The number of ether oxygens (including phenoxy) is 1. The second-order valence-electron chi connectivity index (χ2n) is 4.68. The van der Waals surface area contributed by atoms with Crippen LogP contribution in [0.25, 0.3) is 0 Å². The van der Waals surface area contributed by atoms with Gasteiger partial charge in [-0.2, -0.15) is 0 Å². The molecule has 0 bridgehead atoms. The van der Waals surface area contributed by atoms with Gasteiger partial charge in [0.2, 0.25) is 5.91 Å². The van der Waals surface area contributed by atoms with Crippen LogP contribution in [-0.4, -0.2) is 37.3 Å². The van der Waals surface area contributed by atoms with Gasteiger partial charge >= 0.3 is 0 Å². The van der Waals surface area contributed by atoms with E-state index in [1.54, 1.807) is 24.3 Å². The fourth-order valence-electron chi connectivity index (χ4n) is 1.67. The number of carbonyl (C=O) groups is 1. The van der Waals surface area contributed by atoms with Crippen molar-refractivity contribution in [1.29, 1.82) is 0 Å². The lowest BCUT2D eigenvalue weighted by Crippen LogP contribution is -2.49. The average Bonchev–Trinajstić information content (AvgIpc) is 2.48. The standard InChI is InChI=1S/C14H20ClNO4S/c1-4-20-12-8-6-11(7-9-12)16-13(17)14(3,10-15)21(18,19)5-2/h6-9H,4-5,10H2,1-3H3,(H,16,17)/t14-/m0/s1. The van der Waals surface area contributed by atoms with Crippen molar-refractivity contribution >= 4 is 33.0 Å². The van der Waals surface area contributed by atoms with E-state index in [-0.39, 0.29) is 11.6 Å². The number of benzene rings is 1. The first-order valence-corrected chi connectivity index (χ1v) is 8.82. The molecule has 0 radical (unpaired) electrons. The van der Waals surface area contributed by atoms with E-state index in [9.17, 15) is 13.2 Å². The van der Waals surface area contributed by atoms with Crippen LogP contribution >= 0.6 is 11.6 Å². The first-order valence-electron chi connectivity index (χ1n) is 6.63. The second-order valence-corrected chi connectivity index (χ2v) is 7.65. The summed E-state index contributed by atoms with van der Waals surface area (Å²) in [4.78, 5) is 12.3. The van der Waals surface area contributed by atoms with Crippen LogP contribution in [0.2, 0.25) is 0 Å². The Morgan fingerprint density at radius 3 is 2.29 bits per heavy atom. The molecule has 21 heavy (non-hydrogen) atoms. The third kappa shape index (κ3) is 3.89. The highest BCUT2D eigenvalue weighted by molar-refractivity contribution is 7.93. The molecule has 0 spiro atoms. The molecule has 1 amide bonds. The zero-order valence-electron chi connectivity index (χ0n) is 12.3. The predicted octanol–water partition coefficient (Wildman–Crippen LogP) is 2.46. The molecule has 7 heteroatoms. The van der Waals surface area contributed by atoms with E-state index < -0.39 is 20.5 Å². The van der Waals surface area contributed by atoms with Crippen LogP contribution in [0.4, 0.5) is 5.69 Å². The Labute approximate surface area is 130 Å². The van der Waals surface area contributed by atoms with Crippen LogP contribution in [-0.2, 0) is 14.6 Å². The molecule has 0 saturated heterocycles. The molecule has 0 aromatic heterocycles. The molecule has 0 heterocycles. The Kier molecular flexibility index (Phi) is 6.04. The number of sulfone groups is 1. The molecule has 0 saturated carbocycles. The quantitative estimate of drug-likeness (QED) is 0.778. The van der Waals surface area contributed by atoms with Gasteiger partial charge < -0.3 is 10.1 Å². The number of nitrogens with one attached hydrogen (secondary N) is 1. The van der Waals surface area contributed by atoms with Crippen LogP contribution in [0, 0.1) is 0 Å². The normalized spacial score (nSPS) is 14.3. The van der Waals surface area contributed by atoms with Crippen LogP contribution in [0.1, 0.15) is 20.8 Å². The molecular weight excluding hydrogens is 314 g/mol. The Bertz CT molecular complexity index is 585. The predicted molar refractivity (Wildman–Crippen MR) is 84.8 cm³/mol.